The quantitative estimate of drug-likeness (QED) is 0.696. The van der Waals surface area contributed by atoms with Gasteiger partial charge in [-0.15, -0.1) is 0 Å². The lowest BCUT2D eigenvalue weighted by molar-refractivity contribution is 0.0336. The first-order valence-electron chi connectivity index (χ1n) is 9.05. The van der Waals surface area contributed by atoms with Crippen molar-refractivity contribution >= 4 is 17.2 Å². The van der Waals surface area contributed by atoms with Crippen LogP contribution in [0.15, 0.2) is 36.7 Å². The molecule has 136 valence electrons. The number of aromatic nitrogens is 3. The van der Waals surface area contributed by atoms with Crippen LogP contribution in [0.3, 0.4) is 0 Å². The highest BCUT2D eigenvalue weighted by Crippen LogP contribution is 2.28. The van der Waals surface area contributed by atoms with Crippen molar-refractivity contribution in [2.75, 3.05) is 26.3 Å². The van der Waals surface area contributed by atoms with Gasteiger partial charge in [0.2, 0.25) is 0 Å². The minimum Gasteiger partial charge on any atom is -0.379 e. The largest absolute Gasteiger partial charge is 0.379 e. The Kier molecular flexibility index (Phi) is 4.94. The molecule has 1 aliphatic rings. The van der Waals surface area contributed by atoms with Crippen molar-refractivity contribution in [3.63, 3.8) is 0 Å². The average molecular weight is 371 g/mol. The second kappa shape index (κ2) is 7.35. The molecule has 0 amide bonds. The highest BCUT2D eigenvalue weighted by Gasteiger charge is 2.19. The number of hydrogen-bond donors (Lipinski definition) is 0. The van der Waals surface area contributed by atoms with E-state index in [0.29, 0.717) is 5.92 Å². The number of rotatable bonds is 4. The topological polar surface area (TPSA) is 42.7 Å². The number of ether oxygens (including phenoxy) is 1. The summed E-state index contributed by atoms with van der Waals surface area (Å²) in [5.74, 6) is 0.372. The summed E-state index contributed by atoms with van der Waals surface area (Å²) in [6, 6.07) is 7.89. The zero-order chi connectivity index (χ0) is 18.1. The molecule has 0 radical (unpaired) electrons. The van der Waals surface area contributed by atoms with Crippen LogP contribution in [0.25, 0.3) is 16.9 Å². The SMILES string of the molecule is CC(C)c1cn2c(CN3CCOCC3)c(-c3ccc(Cl)cc3)nc2cn1. The van der Waals surface area contributed by atoms with E-state index >= 15 is 0 Å². The van der Waals surface area contributed by atoms with Gasteiger partial charge in [0, 0.05) is 36.4 Å². The second-order valence-electron chi connectivity index (χ2n) is 7.00. The minimum atomic E-state index is 0.372. The molecule has 3 heterocycles. The lowest BCUT2D eigenvalue weighted by Crippen LogP contribution is -2.36. The Labute approximate surface area is 158 Å². The van der Waals surface area contributed by atoms with Gasteiger partial charge in [-0.3, -0.25) is 14.3 Å². The maximum atomic E-state index is 6.07. The van der Waals surface area contributed by atoms with E-state index in [1.807, 2.05) is 30.5 Å². The van der Waals surface area contributed by atoms with E-state index in [1.54, 1.807) is 0 Å². The van der Waals surface area contributed by atoms with Crippen LogP contribution in [0.2, 0.25) is 5.02 Å². The van der Waals surface area contributed by atoms with Crippen LogP contribution in [0.4, 0.5) is 0 Å². The number of halogens is 1. The Hall–Kier alpha value is -1.95. The Bertz CT molecular complexity index is 898. The van der Waals surface area contributed by atoms with Crippen molar-refractivity contribution in [2.45, 2.75) is 26.3 Å². The van der Waals surface area contributed by atoms with E-state index in [0.717, 1.165) is 60.5 Å². The number of morpholine rings is 1. The first kappa shape index (κ1) is 17.5. The zero-order valence-electron chi connectivity index (χ0n) is 15.2. The van der Waals surface area contributed by atoms with Gasteiger partial charge in [0.1, 0.15) is 0 Å². The van der Waals surface area contributed by atoms with Gasteiger partial charge in [-0.05, 0) is 18.1 Å². The molecule has 2 aromatic heterocycles. The molecule has 1 aromatic carbocycles. The van der Waals surface area contributed by atoms with Gasteiger partial charge in [-0.25, -0.2) is 4.98 Å². The normalized spacial score (nSPS) is 15.8. The Morgan fingerprint density at radius 2 is 1.88 bits per heavy atom. The summed E-state index contributed by atoms with van der Waals surface area (Å²) < 4.78 is 7.69. The average Bonchev–Trinajstić information content (AvgIpc) is 3.01. The van der Waals surface area contributed by atoms with Gasteiger partial charge in [-0.2, -0.15) is 0 Å². The van der Waals surface area contributed by atoms with E-state index in [2.05, 4.69) is 34.3 Å². The summed E-state index contributed by atoms with van der Waals surface area (Å²) in [4.78, 5) is 11.9. The molecule has 0 unspecified atom stereocenters. The third-order valence-electron chi connectivity index (χ3n) is 4.81. The summed E-state index contributed by atoms with van der Waals surface area (Å²) in [7, 11) is 0. The number of imidazole rings is 1. The molecular formula is C20H23ClN4O. The molecule has 26 heavy (non-hydrogen) atoms. The Balaban J connectivity index is 1.83. The monoisotopic (exact) mass is 370 g/mol. The third-order valence-corrected chi connectivity index (χ3v) is 5.07. The molecular weight excluding hydrogens is 348 g/mol. The van der Waals surface area contributed by atoms with Crippen LogP contribution in [0.5, 0.6) is 0 Å². The zero-order valence-corrected chi connectivity index (χ0v) is 15.9. The van der Waals surface area contributed by atoms with Gasteiger partial charge in [0.25, 0.3) is 0 Å². The van der Waals surface area contributed by atoms with Crippen molar-refractivity contribution < 1.29 is 4.74 Å². The summed E-state index contributed by atoms with van der Waals surface area (Å²) in [6.07, 6.45) is 4.00. The lowest BCUT2D eigenvalue weighted by Gasteiger charge is -2.26. The molecule has 0 aliphatic carbocycles. The predicted octanol–water partition coefficient (Wildman–Crippen LogP) is 4.01. The minimum absolute atomic E-state index is 0.372. The molecule has 0 N–H and O–H groups in total. The van der Waals surface area contributed by atoms with E-state index in [-0.39, 0.29) is 0 Å². The number of hydrogen-bond acceptors (Lipinski definition) is 4. The van der Waals surface area contributed by atoms with Crippen molar-refractivity contribution in [3.8, 4) is 11.3 Å². The van der Waals surface area contributed by atoms with Gasteiger partial charge < -0.3 is 4.74 Å². The fourth-order valence-corrected chi connectivity index (χ4v) is 3.40. The number of fused-ring (bicyclic) bond motifs is 1. The van der Waals surface area contributed by atoms with E-state index in [9.17, 15) is 0 Å². The highest BCUT2D eigenvalue weighted by molar-refractivity contribution is 6.30. The maximum Gasteiger partial charge on any atom is 0.156 e. The van der Waals surface area contributed by atoms with E-state index in [4.69, 9.17) is 21.3 Å². The van der Waals surface area contributed by atoms with E-state index < -0.39 is 0 Å². The molecule has 4 rings (SSSR count). The molecule has 6 heteroatoms. The molecule has 1 saturated heterocycles. The lowest BCUT2D eigenvalue weighted by atomic mass is 10.1. The van der Waals surface area contributed by atoms with Crippen LogP contribution >= 0.6 is 11.6 Å². The molecule has 0 bridgehead atoms. The summed E-state index contributed by atoms with van der Waals surface area (Å²) in [5.41, 5.74) is 5.21. The van der Waals surface area contributed by atoms with Crippen molar-refractivity contribution in [2.24, 2.45) is 0 Å². The van der Waals surface area contributed by atoms with Gasteiger partial charge in [-0.1, -0.05) is 37.6 Å². The van der Waals surface area contributed by atoms with Crippen molar-refractivity contribution in [3.05, 3.63) is 53.1 Å². The third kappa shape index (κ3) is 3.47. The molecule has 0 saturated carbocycles. The summed E-state index contributed by atoms with van der Waals surface area (Å²) in [5, 5.41) is 0.732. The maximum absolute atomic E-state index is 6.07. The van der Waals surface area contributed by atoms with Crippen LogP contribution < -0.4 is 0 Å². The Morgan fingerprint density at radius 1 is 1.15 bits per heavy atom. The summed E-state index contributed by atoms with van der Waals surface area (Å²) >= 11 is 6.07. The Morgan fingerprint density at radius 3 is 2.58 bits per heavy atom. The van der Waals surface area contributed by atoms with Crippen molar-refractivity contribution in [1.29, 1.82) is 0 Å². The first-order chi connectivity index (χ1) is 12.6. The molecule has 0 spiro atoms. The second-order valence-corrected chi connectivity index (χ2v) is 7.43. The smallest absolute Gasteiger partial charge is 0.156 e. The molecule has 0 atom stereocenters. The van der Waals surface area contributed by atoms with E-state index in [1.165, 1.54) is 5.69 Å². The fraction of sp³-hybridized carbons (Fsp3) is 0.400. The van der Waals surface area contributed by atoms with Gasteiger partial charge in [0.15, 0.2) is 5.65 Å². The standard InChI is InChI=1S/C20H23ClN4O/c1-14(2)17-12-25-18(13-24-7-9-26-10-8-24)20(23-19(25)11-22-17)15-3-5-16(21)6-4-15/h3-6,11-12,14H,7-10,13H2,1-2H3. The first-order valence-corrected chi connectivity index (χ1v) is 9.42. The molecule has 3 aromatic rings. The van der Waals surface area contributed by atoms with Crippen LogP contribution in [0.1, 0.15) is 31.2 Å². The predicted molar refractivity (Wildman–Crippen MR) is 104 cm³/mol. The van der Waals surface area contributed by atoms with Crippen molar-refractivity contribution in [1.82, 2.24) is 19.3 Å². The van der Waals surface area contributed by atoms with Crippen LogP contribution in [-0.4, -0.2) is 45.6 Å². The number of nitrogens with zero attached hydrogens (tertiary/aromatic N) is 4. The summed E-state index contributed by atoms with van der Waals surface area (Å²) in [6.45, 7) is 8.60. The van der Waals surface area contributed by atoms with Crippen LogP contribution in [0, 0.1) is 0 Å². The fourth-order valence-electron chi connectivity index (χ4n) is 3.28. The highest BCUT2D eigenvalue weighted by atomic mass is 35.5. The van der Waals surface area contributed by atoms with Gasteiger partial charge >= 0.3 is 0 Å². The molecule has 5 nitrogen and oxygen atoms in total. The number of benzene rings is 1. The van der Waals surface area contributed by atoms with Crippen LogP contribution in [-0.2, 0) is 11.3 Å². The molecule has 1 aliphatic heterocycles. The molecule has 1 fully saturated rings. The van der Waals surface area contributed by atoms with Gasteiger partial charge in [0.05, 0.1) is 36.5 Å².